The van der Waals surface area contributed by atoms with E-state index in [0.29, 0.717) is 5.13 Å². The van der Waals surface area contributed by atoms with Crippen LogP contribution < -0.4 is 10.6 Å². The first-order valence-electron chi connectivity index (χ1n) is 4.35. The average Bonchev–Trinajstić information content (AvgIpc) is 2.63. The standard InChI is InChI=1S/C8H12F3N3OS/c1-14(2)6-13-3-5(16-6)7(15,4-12)8(9,10)11/h3,15H,4,12H2,1-2H3/t7-/m1/s1. The topological polar surface area (TPSA) is 62.4 Å². The first-order chi connectivity index (χ1) is 7.22. The molecule has 0 spiro atoms. The summed E-state index contributed by atoms with van der Waals surface area (Å²) >= 11 is 0.764. The predicted octanol–water partition coefficient (Wildman–Crippen LogP) is 0.918. The monoisotopic (exact) mass is 255 g/mol. The number of thiazole rings is 1. The van der Waals surface area contributed by atoms with Crippen molar-refractivity contribution >= 4 is 16.5 Å². The first kappa shape index (κ1) is 13.2. The summed E-state index contributed by atoms with van der Waals surface area (Å²) in [5.41, 5.74) is 1.99. The van der Waals surface area contributed by atoms with Crippen LogP contribution in [0.2, 0.25) is 0 Å². The van der Waals surface area contributed by atoms with Gasteiger partial charge in [-0.05, 0) is 0 Å². The smallest absolute Gasteiger partial charge is 0.375 e. The number of nitrogens with zero attached hydrogens (tertiary/aromatic N) is 2. The van der Waals surface area contributed by atoms with Crippen molar-refractivity contribution in [1.82, 2.24) is 4.98 Å². The Hall–Kier alpha value is -0.860. The van der Waals surface area contributed by atoms with E-state index < -0.39 is 18.3 Å². The van der Waals surface area contributed by atoms with Gasteiger partial charge in [0.05, 0.1) is 4.88 Å². The molecule has 0 saturated heterocycles. The molecule has 1 heterocycles. The molecule has 3 N–H and O–H groups in total. The molecule has 16 heavy (non-hydrogen) atoms. The lowest BCUT2D eigenvalue weighted by Gasteiger charge is -2.27. The van der Waals surface area contributed by atoms with Gasteiger partial charge < -0.3 is 15.7 Å². The van der Waals surface area contributed by atoms with Gasteiger partial charge >= 0.3 is 6.18 Å². The Morgan fingerprint density at radius 3 is 2.38 bits per heavy atom. The third-order valence-corrected chi connectivity index (χ3v) is 3.36. The summed E-state index contributed by atoms with van der Waals surface area (Å²) in [6.45, 7) is -0.925. The minimum atomic E-state index is -4.81. The minimum Gasteiger partial charge on any atom is -0.375 e. The van der Waals surface area contributed by atoms with Crippen molar-refractivity contribution in [3.05, 3.63) is 11.1 Å². The van der Waals surface area contributed by atoms with Crippen molar-refractivity contribution in [3.63, 3.8) is 0 Å². The largest absolute Gasteiger partial charge is 0.423 e. The van der Waals surface area contributed by atoms with E-state index in [1.54, 1.807) is 19.0 Å². The zero-order valence-corrected chi connectivity index (χ0v) is 9.56. The van der Waals surface area contributed by atoms with Crippen LogP contribution in [0.3, 0.4) is 0 Å². The van der Waals surface area contributed by atoms with Crippen molar-refractivity contribution in [2.75, 3.05) is 25.5 Å². The van der Waals surface area contributed by atoms with Crippen LogP contribution in [0.25, 0.3) is 0 Å². The molecule has 0 aliphatic carbocycles. The molecule has 0 bridgehead atoms. The van der Waals surface area contributed by atoms with Crippen LogP contribution in [0.1, 0.15) is 4.88 Å². The Morgan fingerprint density at radius 2 is 2.06 bits per heavy atom. The molecule has 1 rings (SSSR count). The lowest BCUT2D eigenvalue weighted by molar-refractivity contribution is -0.260. The number of aliphatic hydroxyl groups is 1. The lowest BCUT2D eigenvalue weighted by atomic mass is 10.0. The van der Waals surface area contributed by atoms with E-state index in [0.717, 1.165) is 17.5 Å². The molecule has 1 aromatic rings. The van der Waals surface area contributed by atoms with E-state index in [1.807, 2.05) is 0 Å². The molecule has 1 atom stereocenters. The highest BCUT2D eigenvalue weighted by Gasteiger charge is 2.55. The Balaban J connectivity index is 3.14. The molecule has 4 nitrogen and oxygen atoms in total. The third-order valence-electron chi connectivity index (χ3n) is 2.05. The SMILES string of the molecule is CN(C)c1ncc([C@](O)(CN)C(F)(F)F)s1. The molecule has 1 aromatic heterocycles. The zero-order chi connectivity index (χ0) is 12.6. The summed E-state index contributed by atoms with van der Waals surface area (Å²) in [5.74, 6) is 0. The van der Waals surface area contributed by atoms with Crippen LogP contribution in [0, 0.1) is 0 Å². The summed E-state index contributed by atoms with van der Waals surface area (Å²) in [6.07, 6.45) is -3.81. The highest BCUT2D eigenvalue weighted by atomic mass is 32.1. The number of aromatic nitrogens is 1. The summed E-state index contributed by atoms with van der Waals surface area (Å²) in [7, 11) is 3.30. The van der Waals surface area contributed by atoms with Gasteiger partial charge in [-0.25, -0.2) is 4.98 Å². The van der Waals surface area contributed by atoms with Crippen molar-refractivity contribution in [1.29, 1.82) is 0 Å². The lowest BCUT2D eigenvalue weighted by Crippen LogP contribution is -2.47. The van der Waals surface area contributed by atoms with E-state index in [2.05, 4.69) is 4.98 Å². The molecule has 0 fully saturated rings. The molecular formula is C8H12F3N3OS. The number of alkyl halides is 3. The maximum atomic E-state index is 12.6. The summed E-state index contributed by atoms with van der Waals surface area (Å²) < 4.78 is 37.9. The van der Waals surface area contributed by atoms with Gasteiger partial charge in [0.1, 0.15) is 0 Å². The van der Waals surface area contributed by atoms with Crippen molar-refractivity contribution < 1.29 is 18.3 Å². The number of hydrogen-bond acceptors (Lipinski definition) is 5. The number of hydrogen-bond donors (Lipinski definition) is 2. The third kappa shape index (κ3) is 2.13. The quantitative estimate of drug-likeness (QED) is 0.843. The highest BCUT2D eigenvalue weighted by Crippen LogP contribution is 2.41. The van der Waals surface area contributed by atoms with Gasteiger partial charge in [0, 0.05) is 26.8 Å². The summed E-state index contributed by atoms with van der Waals surface area (Å²) in [4.78, 5) is 5.03. The van der Waals surface area contributed by atoms with Crippen LogP contribution in [-0.2, 0) is 5.60 Å². The Morgan fingerprint density at radius 1 is 1.50 bits per heavy atom. The molecule has 92 valence electrons. The van der Waals surface area contributed by atoms with Gasteiger partial charge in [-0.2, -0.15) is 13.2 Å². The second kappa shape index (κ2) is 4.19. The first-order valence-corrected chi connectivity index (χ1v) is 5.17. The number of nitrogens with two attached hydrogens (primary N) is 1. The van der Waals surface area contributed by atoms with Crippen molar-refractivity contribution in [3.8, 4) is 0 Å². The second-order valence-corrected chi connectivity index (χ2v) is 4.47. The fraction of sp³-hybridized carbons (Fsp3) is 0.625. The van der Waals surface area contributed by atoms with E-state index in [1.165, 1.54) is 0 Å². The van der Waals surface area contributed by atoms with Crippen molar-refractivity contribution in [2.24, 2.45) is 5.73 Å². The Kier molecular flexibility index (Phi) is 3.46. The molecule has 0 radical (unpaired) electrons. The molecule has 0 aliphatic rings. The van der Waals surface area contributed by atoms with Gasteiger partial charge in [0.2, 0.25) is 5.60 Å². The molecular weight excluding hydrogens is 243 g/mol. The maximum absolute atomic E-state index is 12.6. The fourth-order valence-electron chi connectivity index (χ4n) is 1.02. The molecule has 0 aromatic carbocycles. The highest BCUT2D eigenvalue weighted by molar-refractivity contribution is 7.15. The fourth-order valence-corrected chi connectivity index (χ4v) is 1.98. The van der Waals surface area contributed by atoms with E-state index in [4.69, 9.17) is 5.73 Å². The van der Waals surface area contributed by atoms with Gasteiger partial charge in [-0.3, -0.25) is 0 Å². The van der Waals surface area contributed by atoms with Gasteiger partial charge in [-0.15, -0.1) is 0 Å². The molecule has 0 unspecified atom stereocenters. The van der Waals surface area contributed by atoms with Crippen LogP contribution >= 0.6 is 11.3 Å². The van der Waals surface area contributed by atoms with Crippen LogP contribution in [-0.4, -0.2) is 36.9 Å². The van der Waals surface area contributed by atoms with Gasteiger partial charge in [0.15, 0.2) is 5.13 Å². The van der Waals surface area contributed by atoms with Crippen LogP contribution in [0.15, 0.2) is 6.20 Å². The van der Waals surface area contributed by atoms with E-state index in [-0.39, 0.29) is 4.88 Å². The van der Waals surface area contributed by atoms with Crippen LogP contribution in [0.4, 0.5) is 18.3 Å². The zero-order valence-electron chi connectivity index (χ0n) is 8.75. The molecule has 8 heteroatoms. The normalized spacial score (nSPS) is 15.9. The minimum absolute atomic E-state index is 0.300. The summed E-state index contributed by atoms with van der Waals surface area (Å²) in [5, 5.41) is 9.91. The average molecular weight is 255 g/mol. The number of rotatable bonds is 3. The van der Waals surface area contributed by atoms with Gasteiger partial charge in [0.25, 0.3) is 0 Å². The second-order valence-electron chi connectivity index (χ2n) is 3.46. The predicted molar refractivity (Wildman–Crippen MR) is 55.4 cm³/mol. The maximum Gasteiger partial charge on any atom is 0.423 e. The molecule has 0 amide bonds. The summed E-state index contributed by atoms with van der Waals surface area (Å²) in [6, 6.07) is 0. The molecule has 0 saturated carbocycles. The Bertz CT molecular complexity index is 366. The number of anilines is 1. The van der Waals surface area contributed by atoms with Crippen LogP contribution in [0.5, 0.6) is 0 Å². The van der Waals surface area contributed by atoms with Gasteiger partial charge in [-0.1, -0.05) is 11.3 Å². The molecule has 0 aliphatic heterocycles. The number of halogens is 3. The Labute approximate surface area is 94.5 Å². The van der Waals surface area contributed by atoms with Crippen molar-refractivity contribution in [2.45, 2.75) is 11.8 Å². The van der Waals surface area contributed by atoms with E-state index in [9.17, 15) is 18.3 Å². The van der Waals surface area contributed by atoms with E-state index >= 15 is 0 Å².